The topological polar surface area (TPSA) is 58.4 Å². The summed E-state index contributed by atoms with van der Waals surface area (Å²) in [6.45, 7) is 7.33. The van der Waals surface area contributed by atoms with Crippen LogP contribution in [0.1, 0.15) is 39.5 Å². The van der Waals surface area contributed by atoms with Crippen molar-refractivity contribution in [2.45, 2.75) is 51.1 Å². The second-order valence-corrected chi connectivity index (χ2v) is 5.91. The second-order valence-electron chi connectivity index (χ2n) is 5.91. The average Bonchev–Trinajstić information content (AvgIpc) is 2.67. The average molecular weight is 239 g/mol. The number of primary amides is 1. The number of amides is 1. The van der Waals surface area contributed by atoms with Gasteiger partial charge in [-0.1, -0.05) is 20.3 Å². The van der Waals surface area contributed by atoms with Gasteiger partial charge in [-0.25, -0.2) is 0 Å². The van der Waals surface area contributed by atoms with E-state index in [9.17, 15) is 4.79 Å². The van der Waals surface area contributed by atoms with Crippen molar-refractivity contribution < 1.29 is 4.79 Å². The van der Waals surface area contributed by atoms with E-state index < -0.39 is 5.54 Å². The molecule has 0 aromatic rings. The Hall–Kier alpha value is -0.610. The van der Waals surface area contributed by atoms with Gasteiger partial charge in [0.05, 0.1) is 0 Å². The predicted molar refractivity (Wildman–Crippen MR) is 68.6 cm³/mol. The zero-order valence-electron chi connectivity index (χ0n) is 11.0. The molecule has 0 aromatic carbocycles. The van der Waals surface area contributed by atoms with Crippen LogP contribution in [0.3, 0.4) is 0 Å². The molecule has 17 heavy (non-hydrogen) atoms. The summed E-state index contributed by atoms with van der Waals surface area (Å²) in [6, 6.07) is 0.326. The normalized spacial score (nSPS) is 33.9. The monoisotopic (exact) mass is 239 g/mol. The Morgan fingerprint density at radius 1 is 1.47 bits per heavy atom. The van der Waals surface area contributed by atoms with Crippen molar-refractivity contribution in [2.24, 2.45) is 11.7 Å². The van der Waals surface area contributed by atoms with Crippen molar-refractivity contribution in [3.8, 4) is 0 Å². The Labute approximate surface area is 104 Å². The highest BCUT2D eigenvalue weighted by atomic mass is 16.1. The molecule has 2 heterocycles. The van der Waals surface area contributed by atoms with Crippen molar-refractivity contribution in [3.63, 3.8) is 0 Å². The van der Waals surface area contributed by atoms with Crippen molar-refractivity contribution in [2.75, 3.05) is 19.6 Å². The first kappa shape index (κ1) is 12.8. The lowest BCUT2D eigenvalue weighted by Crippen LogP contribution is -2.63. The number of nitrogens with zero attached hydrogens (tertiary/aromatic N) is 1. The van der Waals surface area contributed by atoms with Crippen LogP contribution in [0.4, 0.5) is 0 Å². The van der Waals surface area contributed by atoms with Gasteiger partial charge in [-0.15, -0.1) is 0 Å². The van der Waals surface area contributed by atoms with Crippen LogP contribution in [-0.2, 0) is 4.79 Å². The van der Waals surface area contributed by atoms with Crippen molar-refractivity contribution >= 4 is 5.91 Å². The van der Waals surface area contributed by atoms with E-state index in [0.717, 1.165) is 32.5 Å². The molecule has 0 aliphatic carbocycles. The highest BCUT2D eigenvalue weighted by molar-refractivity contribution is 5.86. The van der Waals surface area contributed by atoms with Gasteiger partial charge in [-0.05, 0) is 38.3 Å². The summed E-state index contributed by atoms with van der Waals surface area (Å²) in [5, 5.41) is 3.48. The highest BCUT2D eigenvalue weighted by Gasteiger charge is 2.51. The lowest BCUT2D eigenvalue weighted by Gasteiger charge is -2.39. The van der Waals surface area contributed by atoms with E-state index >= 15 is 0 Å². The number of nitrogens with one attached hydrogen (secondary N) is 1. The van der Waals surface area contributed by atoms with Crippen LogP contribution >= 0.6 is 0 Å². The number of hydrogen-bond donors (Lipinski definition) is 2. The van der Waals surface area contributed by atoms with Gasteiger partial charge in [0.2, 0.25) is 5.91 Å². The van der Waals surface area contributed by atoms with E-state index in [2.05, 4.69) is 24.1 Å². The summed E-state index contributed by atoms with van der Waals surface area (Å²) in [4.78, 5) is 14.4. The molecule has 2 aliphatic rings. The van der Waals surface area contributed by atoms with Gasteiger partial charge < -0.3 is 11.1 Å². The van der Waals surface area contributed by atoms with Crippen LogP contribution in [0.5, 0.6) is 0 Å². The molecule has 2 saturated heterocycles. The summed E-state index contributed by atoms with van der Waals surface area (Å²) in [7, 11) is 0. The minimum Gasteiger partial charge on any atom is -0.368 e. The van der Waals surface area contributed by atoms with Crippen LogP contribution in [0.2, 0.25) is 0 Å². The maximum atomic E-state index is 11.9. The Morgan fingerprint density at radius 2 is 2.24 bits per heavy atom. The molecule has 0 spiro atoms. The van der Waals surface area contributed by atoms with Gasteiger partial charge in [0, 0.05) is 12.6 Å². The zero-order chi connectivity index (χ0) is 12.5. The lowest BCUT2D eigenvalue weighted by molar-refractivity contribution is -0.125. The number of carbonyl (C=O) groups excluding carboxylic acids is 1. The quantitative estimate of drug-likeness (QED) is 0.760. The molecular weight excluding hydrogens is 214 g/mol. The smallest absolute Gasteiger partial charge is 0.239 e. The molecule has 0 radical (unpaired) electrons. The fraction of sp³-hybridized carbons (Fsp3) is 0.923. The minimum absolute atomic E-state index is 0.160. The molecule has 2 unspecified atom stereocenters. The first-order valence-electron chi connectivity index (χ1n) is 6.85. The summed E-state index contributed by atoms with van der Waals surface area (Å²) in [5.74, 6) is 0.386. The van der Waals surface area contributed by atoms with Crippen LogP contribution < -0.4 is 11.1 Å². The molecule has 0 aromatic heterocycles. The van der Waals surface area contributed by atoms with E-state index in [1.165, 1.54) is 12.8 Å². The van der Waals surface area contributed by atoms with E-state index in [1.807, 2.05) is 0 Å². The lowest BCUT2D eigenvalue weighted by atomic mass is 9.84. The molecule has 98 valence electrons. The third-order valence-electron chi connectivity index (χ3n) is 4.24. The Bertz CT molecular complexity index is 292. The molecule has 2 atom stereocenters. The molecular formula is C13H25N3O. The Balaban J connectivity index is 2.13. The van der Waals surface area contributed by atoms with Crippen molar-refractivity contribution in [1.82, 2.24) is 10.2 Å². The minimum atomic E-state index is -0.468. The van der Waals surface area contributed by atoms with Crippen LogP contribution in [0.15, 0.2) is 0 Å². The van der Waals surface area contributed by atoms with Crippen LogP contribution in [0, 0.1) is 5.92 Å². The summed E-state index contributed by atoms with van der Waals surface area (Å²) < 4.78 is 0. The largest absolute Gasteiger partial charge is 0.368 e. The zero-order valence-corrected chi connectivity index (χ0v) is 11.0. The summed E-state index contributed by atoms with van der Waals surface area (Å²) in [6.07, 6.45) is 4.46. The number of piperidine rings is 1. The third-order valence-corrected chi connectivity index (χ3v) is 4.24. The van der Waals surface area contributed by atoms with Crippen molar-refractivity contribution in [1.29, 1.82) is 0 Å². The van der Waals surface area contributed by atoms with Gasteiger partial charge in [-0.3, -0.25) is 9.69 Å². The van der Waals surface area contributed by atoms with Gasteiger partial charge in [-0.2, -0.15) is 0 Å². The molecule has 4 nitrogen and oxygen atoms in total. The fourth-order valence-corrected chi connectivity index (χ4v) is 3.27. The molecule has 4 heteroatoms. The Morgan fingerprint density at radius 3 is 2.88 bits per heavy atom. The standard InChI is InChI=1S/C13H25N3O/c1-10(2)9-15-13(12(14)17)6-8-16-7-4-3-5-11(13)16/h10-11,15H,3-9H2,1-2H3,(H2,14,17). The number of fused-ring (bicyclic) bond motifs is 1. The van der Waals surface area contributed by atoms with Gasteiger partial charge in [0.25, 0.3) is 0 Å². The van der Waals surface area contributed by atoms with Gasteiger partial charge >= 0.3 is 0 Å². The highest BCUT2D eigenvalue weighted by Crippen LogP contribution is 2.35. The summed E-state index contributed by atoms with van der Waals surface area (Å²) in [5.41, 5.74) is 5.23. The third kappa shape index (κ3) is 2.33. The van der Waals surface area contributed by atoms with Crippen molar-refractivity contribution in [3.05, 3.63) is 0 Å². The molecule has 0 saturated carbocycles. The van der Waals surface area contributed by atoms with E-state index in [1.54, 1.807) is 0 Å². The second kappa shape index (κ2) is 4.94. The van der Waals surface area contributed by atoms with E-state index in [-0.39, 0.29) is 5.91 Å². The van der Waals surface area contributed by atoms with E-state index in [0.29, 0.717) is 12.0 Å². The molecule has 2 rings (SSSR count). The van der Waals surface area contributed by atoms with Crippen LogP contribution in [0.25, 0.3) is 0 Å². The molecule has 2 fully saturated rings. The predicted octanol–water partition coefficient (Wildman–Crippen LogP) is 0.714. The first-order chi connectivity index (χ1) is 8.06. The van der Waals surface area contributed by atoms with Gasteiger partial charge in [0.1, 0.15) is 5.54 Å². The SMILES string of the molecule is CC(C)CNC1(C(N)=O)CCN2CCCCC21. The maximum Gasteiger partial charge on any atom is 0.239 e. The maximum absolute atomic E-state index is 11.9. The number of nitrogens with two attached hydrogens (primary N) is 1. The molecule has 3 N–H and O–H groups in total. The number of hydrogen-bond acceptors (Lipinski definition) is 3. The van der Waals surface area contributed by atoms with Gasteiger partial charge in [0.15, 0.2) is 0 Å². The number of rotatable bonds is 4. The molecule has 2 aliphatic heterocycles. The van der Waals surface area contributed by atoms with E-state index in [4.69, 9.17) is 5.73 Å². The summed E-state index contributed by atoms with van der Waals surface area (Å²) >= 11 is 0. The fourth-order valence-electron chi connectivity index (χ4n) is 3.27. The molecule has 0 bridgehead atoms. The number of carbonyl (C=O) groups is 1. The molecule has 1 amide bonds. The first-order valence-corrected chi connectivity index (χ1v) is 6.85. The Kier molecular flexibility index (Phi) is 3.73. The van der Waals surface area contributed by atoms with Crippen LogP contribution in [-0.4, -0.2) is 42.0 Å².